The van der Waals surface area contributed by atoms with Crippen molar-refractivity contribution in [3.8, 4) is 0 Å². The summed E-state index contributed by atoms with van der Waals surface area (Å²) in [6.45, 7) is 0.509. The first-order valence-corrected chi connectivity index (χ1v) is 6.47. The number of carbonyl (C=O) groups is 1. The van der Waals surface area contributed by atoms with Gasteiger partial charge in [-0.3, -0.25) is 15.1 Å². The molecular formula is C15H13N5O. The Morgan fingerprint density at radius 2 is 1.86 bits per heavy atom. The normalized spacial score (nSPS) is 10.3. The van der Waals surface area contributed by atoms with Crippen LogP contribution in [0.1, 0.15) is 16.1 Å². The first kappa shape index (κ1) is 13.0. The third kappa shape index (κ3) is 3.30. The van der Waals surface area contributed by atoms with Crippen LogP contribution in [0.4, 0.5) is 5.95 Å². The third-order valence-corrected chi connectivity index (χ3v) is 2.85. The summed E-state index contributed by atoms with van der Waals surface area (Å²) in [5.74, 6) is 0.0472. The zero-order valence-corrected chi connectivity index (χ0v) is 11.2. The monoisotopic (exact) mass is 279 g/mol. The summed E-state index contributed by atoms with van der Waals surface area (Å²) in [4.78, 5) is 20.3. The predicted molar refractivity (Wildman–Crippen MR) is 77.8 cm³/mol. The second kappa shape index (κ2) is 5.96. The molecule has 0 atom stereocenters. The molecule has 3 aromatic rings. The molecule has 0 saturated heterocycles. The number of hydrogen-bond donors (Lipinski definition) is 1. The topological polar surface area (TPSA) is 72.7 Å². The summed E-state index contributed by atoms with van der Waals surface area (Å²) in [5, 5.41) is 6.87. The Morgan fingerprint density at radius 1 is 1.05 bits per heavy atom. The smallest absolute Gasteiger partial charge is 0.258 e. The lowest BCUT2D eigenvalue weighted by Crippen LogP contribution is -2.13. The van der Waals surface area contributed by atoms with Crippen molar-refractivity contribution >= 4 is 11.9 Å². The number of amides is 1. The molecule has 0 bridgehead atoms. The summed E-state index contributed by atoms with van der Waals surface area (Å²) < 4.78 is 1.63. The van der Waals surface area contributed by atoms with Crippen molar-refractivity contribution in [2.45, 2.75) is 6.54 Å². The molecule has 1 amide bonds. The van der Waals surface area contributed by atoms with Crippen molar-refractivity contribution in [1.29, 1.82) is 0 Å². The standard InChI is InChI=1S/C15H13N5O/c21-14(12-6-2-1-3-7-12)18-15-17-11-20(19-15)10-13-8-4-5-9-16-13/h1-9,11H,10H2,(H,18,19,21). The van der Waals surface area contributed by atoms with Crippen LogP contribution < -0.4 is 5.32 Å². The first-order valence-electron chi connectivity index (χ1n) is 6.47. The van der Waals surface area contributed by atoms with Gasteiger partial charge in [-0.1, -0.05) is 24.3 Å². The van der Waals surface area contributed by atoms with Gasteiger partial charge in [0.1, 0.15) is 6.33 Å². The average molecular weight is 279 g/mol. The van der Waals surface area contributed by atoms with Crippen LogP contribution in [0.25, 0.3) is 0 Å². The van der Waals surface area contributed by atoms with E-state index in [0.717, 1.165) is 5.69 Å². The number of hydrogen-bond acceptors (Lipinski definition) is 4. The number of aromatic nitrogens is 4. The largest absolute Gasteiger partial charge is 0.289 e. The Labute approximate surface area is 121 Å². The van der Waals surface area contributed by atoms with Gasteiger partial charge >= 0.3 is 0 Å². The van der Waals surface area contributed by atoms with Crippen LogP contribution in [-0.2, 0) is 6.54 Å². The molecule has 0 saturated carbocycles. The summed E-state index contributed by atoms with van der Waals surface area (Å²) >= 11 is 0. The minimum absolute atomic E-state index is 0.230. The van der Waals surface area contributed by atoms with E-state index in [0.29, 0.717) is 12.1 Å². The first-order chi connectivity index (χ1) is 10.3. The molecule has 3 rings (SSSR count). The molecule has 2 aromatic heterocycles. The van der Waals surface area contributed by atoms with E-state index < -0.39 is 0 Å². The molecule has 1 aromatic carbocycles. The second-order valence-electron chi connectivity index (χ2n) is 4.41. The summed E-state index contributed by atoms with van der Waals surface area (Å²) in [7, 11) is 0. The molecule has 0 aliphatic carbocycles. The van der Waals surface area contributed by atoms with Crippen LogP contribution in [-0.4, -0.2) is 25.7 Å². The van der Waals surface area contributed by atoms with E-state index in [-0.39, 0.29) is 11.9 Å². The average Bonchev–Trinajstić information content (AvgIpc) is 2.96. The van der Waals surface area contributed by atoms with Gasteiger partial charge < -0.3 is 0 Å². The fraction of sp³-hybridized carbons (Fsp3) is 0.0667. The van der Waals surface area contributed by atoms with E-state index in [1.807, 2.05) is 36.4 Å². The van der Waals surface area contributed by atoms with Crippen molar-refractivity contribution in [3.05, 3.63) is 72.3 Å². The number of pyridine rings is 1. The van der Waals surface area contributed by atoms with Crippen molar-refractivity contribution in [1.82, 2.24) is 19.7 Å². The van der Waals surface area contributed by atoms with Gasteiger partial charge in [-0.15, -0.1) is 5.10 Å². The number of anilines is 1. The lowest BCUT2D eigenvalue weighted by atomic mass is 10.2. The van der Waals surface area contributed by atoms with E-state index >= 15 is 0 Å². The van der Waals surface area contributed by atoms with Crippen LogP contribution in [0.15, 0.2) is 61.1 Å². The van der Waals surface area contributed by atoms with Gasteiger partial charge in [0.25, 0.3) is 5.91 Å². The zero-order valence-electron chi connectivity index (χ0n) is 11.2. The van der Waals surface area contributed by atoms with E-state index in [2.05, 4.69) is 20.4 Å². The highest BCUT2D eigenvalue weighted by molar-refractivity contribution is 6.03. The predicted octanol–water partition coefficient (Wildman–Crippen LogP) is 1.97. The molecule has 2 heterocycles. The molecule has 0 fully saturated rings. The van der Waals surface area contributed by atoms with E-state index in [9.17, 15) is 4.79 Å². The van der Waals surface area contributed by atoms with Crippen LogP contribution in [0, 0.1) is 0 Å². The van der Waals surface area contributed by atoms with Gasteiger partial charge in [-0.25, -0.2) is 9.67 Å². The highest BCUT2D eigenvalue weighted by Gasteiger charge is 2.08. The van der Waals surface area contributed by atoms with Crippen molar-refractivity contribution in [3.63, 3.8) is 0 Å². The number of nitrogens with one attached hydrogen (secondary N) is 1. The molecule has 0 aliphatic rings. The number of carbonyl (C=O) groups excluding carboxylic acids is 1. The zero-order chi connectivity index (χ0) is 14.5. The van der Waals surface area contributed by atoms with Crippen LogP contribution in [0.3, 0.4) is 0 Å². The Balaban J connectivity index is 1.67. The fourth-order valence-corrected chi connectivity index (χ4v) is 1.85. The van der Waals surface area contributed by atoms with Crippen LogP contribution >= 0.6 is 0 Å². The number of benzene rings is 1. The van der Waals surface area contributed by atoms with Gasteiger partial charge in [-0.2, -0.15) is 0 Å². The minimum Gasteiger partial charge on any atom is -0.289 e. The molecule has 1 N–H and O–H groups in total. The maximum Gasteiger partial charge on any atom is 0.258 e. The van der Waals surface area contributed by atoms with Gasteiger partial charge in [0, 0.05) is 11.8 Å². The lowest BCUT2D eigenvalue weighted by Gasteiger charge is -2.01. The van der Waals surface area contributed by atoms with Gasteiger partial charge in [0.2, 0.25) is 5.95 Å². The maximum atomic E-state index is 12.0. The second-order valence-corrected chi connectivity index (χ2v) is 4.41. The molecule has 21 heavy (non-hydrogen) atoms. The van der Waals surface area contributed by atoms with Crippen LogP contribution in [0.5, 0.6) is 0 Å². The Hall–Kier alpha value is -3.02. The van der Waals surface area contributed by atoms with Crippen molar-refractivity contribution < 1.29 is 4.79 Å². The summed E-state index contributed by atoms with van der Waals surface area (Å²) in [6, 6.07) is 14.6. The Morgan fingerprint density at radius 3 is 2.62 bits per heavy atom. The van der Waals surface area contributed by atoms with Crippen LogP contribution in [0.2, 0.25) is 0 Å². The number of rotatable bonds is 4. The van der Waals surface area contributed by atoms with Gasteiger partial charge in [-0.05, 0) is 24.3 Å². The highest BCUT2D eigenvalue weighted by Crippen LogP contribution is 2.04. The van der Waals surface area contributed by atoms with E-state index in [4.69, 9.17) is 0 Å². The molecular weight excluding hydrogens is 266 g/mol. The lowest BCUT2D eigenvalue weighted by molar-refractivity contribution is 0.102. The molecule has 104 valence electrons. The van der Waals surface area contributed by atoms with Crippen molar-refractivity contribution in [2.75, 3.05) is 5.32 Å². The Bertz CT molecular complexity index is 724. The number of nitrogens with zero attached hydrogens (tertiary/aromatic N) is 4. The Kier molecular flexibility index (Phi) is 3.68. The van der Waals surface area contributed by atoms with Crippen molar-refractivity contribution in [2.24, 2.45) is 0 Å². The third-order valence-electron chi connectivity index (χ3n) is 2.85. The van der Waals surface area contributed by atoms with Gasteiger partial charge in [0.15, 0.2) is 0 Å². The quantitative estimate of drug-likeness (QED) is 0.792. The fourth-order valence-electron chi connectivity index (χ4n) is 1.85. The molecule has 0 radical (unpaired) electrons. The molecule has 6 heteroatoms. The van der Waals surface area contributed by atoms with E-state index in [1.54, 1.807) is 29.3 Å². The minimum atomic E-state index is -0.230. The molecule has 0 unspecified atom stereocenters. The highest BCUT2D eigenvalue weighted by atomic mass is 16.1. The maximum absolute atomic E-state index is 12.0. The van der Waals surface area contributed by atoms with E-state index in [1.165, 1.54) is 0 Å². The SMILES string of the molecule is O=C(Nc1ncn(Cc2ccccn2)n1)c1ccccc1. The summed E-state index contributed by atoms with van der Waals surface area (Å²) in [6.07, 6.45) is 3.29. The summed E-state index contributed by atoms with van der Waals surface area (Å²) in [5.41, 5.74) is 1.45. The van der Waals surface area contributed by atoms with Gasteiger partial charge in [0.05, 0.1) is 12.2 Å². The molecule has 6 nitrogen and oxygen atoms in total. The molecule has 0 spiro atoms. The molecule has 0 aliphatic heterocycles.